The molecule has 3 aromatic rings. The van der Waals surface area contributed by atoms with Gasteiger partial charge in [-0.2, -0.15) is 0 Å². The topological polar surface area (TPSA) is 78.3 Å². The Balaban J connectivity index is 2.08. The molecule has 0 fully saturated rings. The Morgan fingerprint density at radius 2 is 1.96 bits per heavy atom. The van der Waals surface area contributed by atoms with Gasteiger partial charge in [-0.3, -0.25) is 4.79 Å². The Morgan fingerprint density at radius 1 is 1.19 bits per heavy atom. The van der Waals surface area contributed by atoms with Crippen molar-refractivity contribution in [3.05, 3.63) is 59.9 Å². The van der Waals surface area contributed by atoms with Crippen LogP contribution in [0.4, 0.5) is 0 Å². The summed E-state index contributed by atoms with van der Waals surface area (Å²) < 4.78 is 33.0. The van der Waals surface area contributed by atoms with E-state index in [9.17, 15) is 13.2 Å². The van der Waals surface area contributed by atoms with E-state index in [-0.39, 0.29) is 4.90 Å². The molecule has 0 spiro atoms. The van der Waals surface area contributed by atoms with Gasteiger partial charge in [0.2, 0.25) is 0 Å². The predicted octanol–water partition coefficient (Wildman–Crippen LogP) is 2.87. The van der Waals surface area contributed by atoms with Crippen molar-refractivity contribution < 1.29 is 17.9 Å². The molecule has 4 rings (SSSR count). The third-order valence-electron chi connectivity index (χ3n) is 4.85. The number of pyridine rings is 1. The van der Waals surface area contributed by atoms with Gasteiger partial charge in [-0.15, -0.1) is 0 Å². The lowest BCUT2D eigenvalue weighted by Crippen LogP contribution is -2.25. The van der Waals surface area contributed by atoms with Crippen molar-refractivity contribution in [2.45, 2.75) is 30.1 Å². The third-order valence-corrected chi connectivity index (χ3v) is 6.57. The fourth-order valence-electron chi connectivity index (χ4n) is 3.72. The van der Waals surface area contributed by atoms with Crippen LogP contribution in [0.25, 0.3) is 11.0 Å². The van der Waals surface area contributed by atoms with Crippen LogP contribution in [0.15, 0.2) is 53.6 Å². The van der Waals surface area contributed by atoms with Crippen LogP contribution < -0.4 is 0 Å². The zero-order valence-corrected chi connectivity index (χ0v) is 15.1. The molecule has 1 atom stereocenters. The Labute approximate surface area is 151 Å². The average molecular weight is 370 g/mol. The maximum atomic E-state index is 13.4. The van der Waals surface area contributed by atoms with Crippen LogP contribution >= 0.6 is 0 Å². The third kappa shape index (κ3) is 2.42. The number of fused-ring (bicyclic) bond motifs is 3. The second-order valence-electron chi connectivity index (χ2n) is 6.29. The number of esters is 1. The van der Waals surface area contributed by atoms with Crippen LogP contribution in [0.2, 0.25) is 0 Å². The van der Waals surface area contributed by atoms with E-state index in [1.807, 2.05) is 6.07 Å². The highest BCUT2D eigenvalue weighted by atomic mass is 32.2. The smallest absolute Gasteiger partial charge is 0.314 e. The van der Waals surface area contributed by atoms with Crippen molar-refractivity contribution >= 4 is 27.0 Å². The van der Waals surface area contributed by atoms with E-state index in [1.54, 1.807) is 42.6 Å². The molecular weight excluding hydrogens is 352 g/mol. The summed E-state index contributed by atoms with van der Waals surface area (Å²) in [5.74, 6) is -1.03. The summed E-state index contributed by atoms with van der Waals surface area (Å²) in [5.41, 5.74) is 1.71. The Kier molecular flexibility index (Phi) is 4.03. The number of hydrogen-bond donors (Lipinski definition) is 0. The van der Waals surface area contributed by atoms with Crippen LogP contribution in [-0.4, -0.2) is 30.5 Å². The molecular formula is C19H18N2O4S. The minimum atomic E-state index is -3.89. The minimum Gasteiger partial charge on any atom is -0.469 e. The van der Waals surface area contributed by atoms with Gasteiger partial charge < -0.3 is 4.74 Å². The van der Waals surface area contributed by atoms with Gasteiger partial charge in [0.05, 0.1) is 23.6 Å². The van der Waals surface area contributed by atoms with E-state index in [1.165, 1.54) is 11.1 Å². The largest absolute Gasteiger partial charge is 0.469 e. The molecule has 1 aliphatic carbocycles. The van der Waals surface area contributed by atoms with Crippen molar-refractivity contribution in [3.8, 4) is 0 Å². The normalized spacial score (nSPS) is 17.0. The molecule has 0 saturated heterocycles. The van der Waals surface area contributed by atoms with Gasteiger partial charge in [0, 0.05) is 11.6 Å². The lowest BCUT2D eigenvalue weighted by molar-refractivity contribution is -0.142. The number of carbonyl (C=O) groups is 1. The number of benzene rings is 1. The summed E-state index contributed by atoms with van der Waals surface area (Å²) in [7, 11) is -2.57. The van der Waals surface area contributed by atoms with Crippen molar-refractivity contribution in [2.75, 3.05) is 7.11 Å². The van der Waals surface area contributed by atoms with Crippen molar-refractivity contribution in [1.82, 2.24) is 8.96 Å². The zero-order valence-electron chi connectivity index (χ0n) is 14.3. The second-order valence-corrected chi connectivity index (χ2v) is 8.08. The highest BCUT2D eigenvalue weighted by molar-refractivity contribution is 7.90. The van der Waals surface area contributed by atoms with Gasteiger partial charge in [-0.25, -0.2) is 17.4 Å². The fraction of sp³-hybridized carbons (Fsp3) is 0.263. The molecule has 0 saturated carbocycles. The Hall–Kier alpha value is -2.67. The van der Waals surface area contributed by atoms with Crippen LogP contribution in [0.1, 0.15) is 30.0 Å². The van der Waals surface area contributed by atoms with Crippen molar-refractivity contribution in [1.29, 1.82) is 0 Å². The van der Waals surface area contributed by atoms with Gasteiger partial charge in [0.15, 0.2) is 5.65 Å². The maximum absolute atomic E-state index is 13.4. The number of methoxy groups -OCH3 is 1. The molecule has 26 heavy (non-hydrogen) atoms. The van der Waals surface area contributed by atoms with Crippen LogP contribution in [-0.2, 0) is 26.0 Å². The van der Waals surface area contributed by atoms with E-state index in [0.29, 0.717) is 24.2 Å². The number of nitrogens with zero attached hydrogens (tertiary/aromatic N) is 2. The molecule has 2 aromatic heterocycles. The number of ether oxygens (including phenoxy) is 1. The Bertz CT molecular complexity index is 1090. The monoisotopic (exact) mass is 370 g/mol. The molecule has 0 amide bonds. The second kappa shape index (κ2) is 6.25. The number of hydrogen-bond acceptors (Lipinski definition) is 5. The lowest BCUT2D eigenvalue weighted by Gasteiger charge is -2.23. The minimum absolute atomic E-state index is 0.166. The SMILES string of the molecule is COC(=O)[C@@H]1CCCc2c1n(S(=O)(=O)c1ccccc1)c1ncccc21. The summed E-state index contributed by atoms with van der Waals surface area (Å²) in [4.78, 5) is 16.9. The summed E-state index contributed by atoms with van der Waals surface area (Å²) >= 11 is 0. The van der Waals surface area contributed by atoms with Gasteiger partial charge in [0.1, 0.15) is 0 Å². The first kappa shape index (κ1) is 16.8. The zero-order chi connectivity index (χ0) is 18.3. The quantitative estimate of drug-likeness (QED) is 0.663. The first-order valence-electron chi connectivity index (χ1n) is 8.42. The Morgan fingerprint density at radius 3 is 2.69 bits per heavy atom. The molecule has 134 valence electrons. The molecule has 6 nitrogen and oxygen atoms in total. The highest BCUT2D eigenvalue weighted by Crippen LogP contribution is 2.40. The molecule has 0 aliphatic heterocycles. The fourth-order valence-corrected chi connectivity index (χ4v) is 5.30. The molecule has 1 aromatic carbocycles. The molecule has 1 aliphatic rings. The van der Waals surface area contributed by atoms with Gasteiger partial charge in [-0.05, 0) is 49.1 Å². The molecule has 0 unspecified atom stereocenters. The first-order valence-corrected chi connectivity index (χ1v) is 9.86. The van der Waals surface area contributed by atoms with E-state index in [2.05, 4.69) is 4.98 Å². The van der Waals surface area contributed by atoms with Gasteiger partial charge >= 0.3 is 5.97 Å². The average Bonchev–Trinajstić information content (AvgIpc) is 3.03. The number of rotatable bonds is 3. The van der Waals surface area contributed by atoms with Crippen molar-refractivity contribution in [2.24, 2.45) is 0 Å². The first-order chi connectivity index (χ1) is 12.6. The number of aryl methyl sites for hydroxylation is 1. The highest BCUT2D eigenvalue weighted by Gasteiger charge is 2.37. The molecule has 2 heterocycles. The van der Waals surface area contributed by atoms with Crippen LogP contribution in [0, 0.1) is 0 Å². The summed E-state index contributed by atoms with van der Waals surface area (Å²) in [6, 6.07) is 11.9. The summed E-state index contributed by atoms with van der Waals surface area (Å²) in [5, 5.41) is 0.774. The maximum Gasteiger partial charge on any atom is 0.314 e. The lowest BCUT2D eigenvalue weighted by atomic mass is 9.87. The molecule has 0 radical (unpaired) electrons. The molecule has 0 bridgehead atoms. The van der Waals surface area contributed by atoms with Gasteiger partial charge in [0.25, 0.3) is 10.0 Å². The predicted molar refractivity (Wildman–Crippen MR) is 96.5 cm³/mol. The van der Waals surface area contributed by atoms with E-state index in [4.69, 9.17) is 4.74 Å². The summed E-state index contributed by atoms with van der Waals surface area (Å²) in [6.07, 6.45) is 3.63. The van der Waals surface area contributed by atoms with E-state index >= 15 is 0 Å². The standard InChI is InChI=1S/C19H18N2O4S/c1-25-19(22)16-10-5-9-14-15-11-6-12-20-18(15)21(17(14)16)26(23,24)13-7-3-2-4-8-13/h2-4,6-8,11-12,16H,5,9-10H2,1H3/t16-/m1/s1. The number of aromatic nitrogens is 2. The summed E-state index contributed by atoms with van der Waals surface area (Å²) in [6.45, 7) is 0. The van der Waals surface area contributed by atoms with Crippen molar-refractivity contribution in [3.63, 3.8) is 0 Å². The molecule has 0 N–H and O–H groups in total. The van der Waals surface area contributed by atoms with Crippen LogP contribution in [0.3, 0.4) is 0 Å². The molecule has 7 heteroatoms. The van der Waals surface area contributed by atoms with E-state index in [0.717, 1.165) is 17.4 Å². The van der Waals surface area contributed by atoms with Crippen LogP contribution in [0.5, 0.6) is 0 Å². The van der Waals surface area contributed by atoms with E-state index < -0.39 is 21.9 Å². The van der Waals surface area contributed by atoms with Gasteiger partial charge in [-0.1, -0.05) is 18.2 Å². The number of carbonyl (C=O) groups excluding carboxylic acids is 1.